The molecule has 0 aliphatic carbocycles. The minimum atomic E-state index is -5.84. The zero-order chi connectivity index (χ0) is 97.6. The lowest BCUT2D eigenvalue weighted by atomic mass is 9.96. The lowest BCUT2D eigenvalue weighted by Gasteiger charge is -2.23. The number of aliphatic hydroxyl groups is 3. The Labute approximate surface area is 782 Å². The monoisotopic (exact) mass is 1950 g/mol. The highest BCUT2D eigenvalue weighted by molar-refractivity contribution is 7.86. The van der Waals surface area contributed by atoms with Gasteiger partial charge in [-0.15, -0.1) is 23.2 Å². The Hall–Kier alpha value is -13.1. The van der Waals surface area contributed by atoms with E-state index in [0.29, 0.717) is 36.6 Å². The number of alkyl carbamates (subject to hydrolysis) is 1. The van der Waals surface area contributed by atoms with E-state index in [1.54, 1.807) is 24.3 Å². The number of hydrogen-bond donors (Lipinski definition) is 12. The van der Waals surface area contributed by atoms with Crippen LogP contribution < -0.4 is 42.5 Å². The number of ether oxygens (including phenoxy) is 2. The number of cyclic esters (lactones) is 1. The molecule has 5 atom stereocenters. The quantitative estimate of drug-likeness (QED) is 0.00332. The van der Waals surface area contributed by atoms with Gasteiger partial charge in [-0.2, -0.15) is 21.6 Å². The van der Waals surface area contributed by atoms with Gasteiger partial charge in [-0.1, -0.05) is 220 Å². The van der Waals surface area contributed by atoms with Crippen molar-refractivity contribution in [1.82, 2.24) is 41.5 Å². The summed E-state index contributed by atoms with van der Waals surface area (Å²) in [6, 6.07) is 65.8. The molecule has 8 amide bonds. The number of hydrogen-bond acceptors (Lipinski definition) is 23. The van der Waals surface area contributed by atoms with Crippen LogP contribution in [0.5, 0.6) is 0 Å². The molecule has 2 aliphatic heterocycles. The molecule has 0 spiro atoms. The van der Waals surface area contributed by atoms with Crippen LogP contribution in [-0.2, 0) is 51.7 Å². The first kappa shape index (κ1) is 111. The smallest absolute Gasteiger partial charge is 0.460 e. The van der Waals surface area contributed by atoms with Crippen molar-refractivity contribution in [3.63, 3.8) is 0 Å². The number of nitrogens with zero attached hydrogens (tertiary/aromatic N) is 6. The first-order valence-electron chi connectivity index (χ1n) is 39.7. The maximum Gasteiger partial charge on any atom is 0.522 e. The molecule has 4 heterocycles. The number of amides is 8. The van der Waals surface area contributed by atoms with E-state index in [1.165, 1.54) is 116 Å². The number of aromatic nitrogens is 2. The summed E-state index contributed by atoms with van der Waals surface area (Å²) in [4.78, 5) is 123. The molecule has 10 aromatic rings. The van der Waals surface area contributed by atoms with Crippen molar-refractivity contribution in [2.45, 2.75) is 88.6 Å². The van der Waals surface area contributed by atoms with E-state index in [2.05, 4.69) is 78.2 Å². The molecular formula is C88H96Cl5F3N14O21S. The van der Waals surface area contributed by atoms with Gasteiger partial charge in [-0.3, -0.25) is 44.5 Å². The van der Waals surface area contributed by atoms with Crippen LogP contribution in [0.2, 0.25) is 10.3 Å². The number of nitro benzene ring substituents is 3. The van der Waals surface area contributed by atoms with E-state index in [9.17, 15) is 87.3 Å². The van der Waals surface area contributed by atoms with Gasteiger partial charge >= 0.3 is 45.8 Å². The van der Waals surface area contributed by atoms with Crippen LogP contribution in [-0.4, -0.2) is 193 Å². The lowest BCUT2D eigenvalue weighted by Crippen LogP contribution is -2.43. The zero-order valence-corrected chi connectivity index (χ0v) is 75.5. The number of benzene rings is 8. The number of halogens is 8. The van der Waals surface area contributed by atoms with E-state index in [-0.39, 0.29) is 101 Å². The highest BCUT2D eigenvalue weighted by Crippen LogP contribution is 2.27. The van der Waals surface area contributed by atoms with Crippen molar-refractivity contribution < 1.29 is 99.3 Å². The summed E-state index contributed by atoms with van der Waals surface area (Å²) in [7, 11) is -5.84. The summed E-state index contributed by atoms with van der Waals surface area (Å²) in [5, 5.41) is 81.7. The predicted octanol–water partition coefficient (Wildman–Crippen LogP) is 15.8. The first-order chi connectivity index (χ1) is 63.0. The third kappa shape index (κ3) is 43.6. The number of fused-ring (bicyclic) bond motifs is 1. The van der Waals surface area contributed by atoms with Gasteiger partial charge in [0.15, 0.2) is 0 Å². The zero-order valence-electron chi connectivity index (χ0n) is 70.9. The summed E-state index contributed by atoms with van der Waals surface area (Å²) in [5.41, 5.74) is 0.506. The minimum Gasteiger partial charge on any atom is -0.460 e. The lowest BCUT2D eigenvalue weighted by molar-refractivity contribution is -0.384. The van der Waals surface area contributed by atoms with Gasteiger partial charge in [0, 0.05) is 36.2 Å². The van der Waals surface area contributed by atoms with Crippen molar-refractivity contribution >= 4 is 144 Å². The van der Waals surface area contributed by atoms with Crippen LogP contribution in [0.25, 0.3) is 0 Å². The largest absolute Gasteiger partial charge is 0.522 e. The van der Waals surface area contributed by atoms with E-state index >= 15 is 0 Å². The van der Waals surface area contributed by atoms with E-state index in [4.69, 9.17) is 85.6 Å². The second-order valence-corrected chi connectivity index (χ2v) is 30.6. The summed E-state index contributed by atoms with van der Waals surface area (Å²) < 4.78 is 67.7. The number of pyridine rings is 2. The maximum absolute atomic E-state index is 12.5. The van der Waals surface area contributed by atoms with Crippen molar-refractivity contribution in [2.24, 2.45) is 0 Å². The standard InChI is InChI=1S/C22H19ClN4O5.2C16H17N3O4.2C10H11NO2.C6H3Cl2NO.C6H15N.CH2Cl2.CHF3O3S/c23-20-11-10-16(13-24-20)21(28)32-14-17(12-15-6-2-1-3-7-15)25-22(29)26-18-8-4-5-9-19(18)27(30)31;2*20-11-13(10-12-6-2-1-3-7-12)17-16(21)18-14-8-4-5-9-15(14)19(22)23;12-6-8-5-7-3-1-2-4-9(7)10(13)11-8;12-10-11-9(7-13-10)6-8-4-2-1-3-5-8;7-5-2-1-4(3-9-5)6(8)10;1-4-7(5-2)6-3;2-1-3;2-1(3,4)8(5,6)7/h1-11,13,17H,12,14H2,(H2,25,26,29);2*1-9,13,20H,10-11H2,(H2,17,18,21);1-4,8,12H,5-6H2,(H,11,13);1-5,9H,6-7H2,(H,11,12);1-3H;4-6H2,1-3H3;1H2;(H,5,6,7). The Bertz CT molecular complexity index is 5240. The van der Waals surface area contributed by atoms with E-state index < -0.39 is 77.8 Å². The number of urea groups is 3. The molecule has 2 aliphatic rings. The van der Waals surface area contributed by atoms with Crippen molar-refractivity contribution in [3.8, 4) is 0 Å². The Kier molecular flexibility index (Phi) is 51.2. The fourth-order valence-electron chi connectivity index (χ4n) is 11.4. The molecule has 0 bridgehead atoms. The number of esters is 1. The molecule has 35 nitrogen and oxygen atoms in total. The summed E-state index contributed by atoms with van der Waals surface area (Å²) in [6.07, 6.45) is 5.18. The number of carbonyl (C=O) groups is 7. The van der Waals surface area contributed by atoms with Crippen LogP contribution >= 0.6 is 58.0 Å². The third-order valence-electron chi connectivity index (χ3n) is 17.8. The van der Waals surface area contributed by atoms with Crippen LogP contribution in [0.3, 0.4) is 0 Å². The fourth-order valence-corrected chi connectivity index (χ4v) is 11.7. The van der Waals surface area contributed by atoms with Crippen molar-refractivity contribution in [2.75, 3.05) is 74.0 Å². The predicted molar refractivity (Wildman–Crippen MR) is 495 cm³/mol. The second kappa shape index (κ2) is 60.7. The van der Waals surface area contributed by atoms with E-state index in [1.807, 2.05) is 140 Å². The van der Waals surface area contributed by atoms with Gasteiger partial charge < -0.3 is 72.2 Å². The Morgan fingerprint density at radius 1 is 0.530 bits per heavy atom. The van der Waals surface area contributed by atoms with E-state index in [0.717, 1.165) is 40.7 Å². The number of nitro groups is 3. The van der Waals surface area contributed by atoms with Gasteiger partial charge in [0.25, 0.3) is 28.2 Å². The maximum atomic E-state index is 12.5. The molecule has 0 radical (unpaired) electrons. The number of nitrogens with one attached hydrogen (secondary N) is 8. The highest BCUT2D eigenvalue weighted by Gasteiger charge is 2.44. The summed E-state index contributed by atoms with van der Waals surface area (Å²) >= 11 is 25.8. The van der Waals surface area contributed by atoms with Crippen LogP contribution in [0, 0.1) is 30.3 Å². The Morgan fingerprint density at radius 2 is 0.879 bits per heavy atom. The normalized spacial score (nSPS) is 13.1. The summed E-state index contributed by atoms with van der Waals surface area (Å²) in [5.74, 6) is -0.700. The van der Waals surface area contributed by atoms with Crippen molar-refractivity contribution in [1.29, 1.82) is 0 Å². The number of carbonyl (C=O) groups excluding carboxylic acids is 7. The van der Waals surface area contributed by atoms with Crippen LogP contribution in [0.15, 0.2) is 255 Å². The summed E-state index contributed by atoms with van der Waals surface area (Å²) in [6.45, 7) is 10.0. The molecule has 5 unspecified atom stereocenters. The molecule has 1 fully saturated rings. The van der Waals surface area contributed by atoms with Gasteiger partial charge in [-0.05, 0) is 140 Å². The topological polar surface area (TPSA) is 508 Å². The number of rotatable bonds is 27. The highest BCUT2D eigenvalue weighted by atomic mass is 35.5. The Morgan fingerprint density at radius 3 is 1.20 bits per heavy atom. The first-order valence-corrected chi connectivity index (χ1v) is 43.3. The molecule has 12 rings (SSSR count). The minimum absolute atomic E-state index is 0.0000737. The number of aliphatic hydroxyl groups excluding tert-OH is 3. The second-order valence-electron chi connectivity index (χ2n) is 27.2. The molecule has 132 heavy (non-hydrogen) atoms. The Balaban J connectivity index is 0.000000329. The molecule has 44 heteroatoms. The third-order valence-corrected chi connectivity index (χ3v) is 19.0. The molecule has 706 valence electrons. The number of alkyl halides is 5. The molecule has 12 N–H and O–H groups in total. The SMILES string of the molecule is CCN(CC)CC.ClCCl.O=C(Cl)c1ccc(Cl)nc1.O=C(Nc1ccccc1[N+](=O)[O-])NC(CO)Cc1ccccc1.O=C(Nc1ccccc1[N+](=O)[O-])NC(CO)Cc1ccccc1.O=C(Nc1ccccc1[N+](=O)[O-])NC(COC(=O)c1ccc(Cl)nc1)Cc1ccccc1.O=C1NC(CO)Cc2ccccc21.O=C1NC(Cc2ccccc2)CO1.O=S(=O)(O)C(F)(F)F. The number of para-hydroxylation sites is 6. The van der Waals surface area contributed by atoms with Crippen molar-refractivity contribution in [3.05, 3.63) is 340 Å². The van der Waals surface area contributed by atoms with Gasteiger partial charge in [0.05, 0.1) is 81.3 Å². The molecule has 1 saturated heterocycles. The van der Waals surface area contributed by atoms with Crippen LogP contribution in [0.4, 0.5) is 66.5 Å². The molecule has 0 saturated carbocycles. The average molecular weight is 1950 g/mol. The van der Waals surface area contributed by atoms with Gasteiger partial charge in [0.1, 0.15) is 40.6 Å². The number of anilines is 3. The molecule has 8 aromatic carbocycles. The van der Waals surface area contributed by atoms with Gasteiger partial charge in [0.2, 0.25) is 0 Å². The van der Waals surface area contributed by atoms with Crippen LogP contribution in [0.1, 0.15) is 79.7 Å². The fraction of sp³-hybridized carbons (Fsp3) is 0.261. The average Bonchev–Trinajstić information content (AvgIpc) is 0.893. The molecular weight excluding hydrogens is 1860 g/mol. The molecule has 2 aromatic heterocycles. The van der Waals surface area contributed by atoms with Gasteiger partial charge in [-0.25, -0.2) is 33.9 Å².